The molecular formula is C22H27F2N3O2. The number of rotatable bonds is 5. The van der Waals surface area contributed by atoms with Crippen molar-refractivity contribution < 1.29 is 17.9 Å². The summed E-state index contributed by atoms with van der Waals surface area (Å²) in [4.78, 5) is 9.11. The van der Waals surface area contributed by atoms with Crippen LogP contribution in [0.25, 0.3) is 0 Å². The highest BCUT2D eigenvalue weighted by Gasteiger charge is 2.50. The smallest absolute Gasteiger partial charge is 0.387 e. The molecule has 0 bridgehead atoms. The molecule has 3 fully saturated rings. The standard InChI is InChI=1S/C22H27F2N3O2/c23-20(24)29-19-4-2-1-3-18(19)16-6-10-26(11-7-16)17-5-8-22(13-17)14-27(15-22)21-25-9-12-28-21/h1-4,9,12,16-17,20H,5-8,10-11,13-15H2/t17-/m1/s1. The number of piperidine rings is 1. The number of oxazole rings is 1. The van der Waals surface area contributed by atoms with E-state index in [2.05, 4.69) is 14.8 Å². The molecule has 2 aromatic rings. The Balaban J connectivity index is 1.15. The minimum Gasteiger partial charge on any atom is -0.435 e. The van der Waals surface area contributed by atoms with Gasteiger partial charge in [-0.1, -0.05) is 18.2 Å². The van der Waals surface area contributed by atoms with Gasteiger partial charge in [0, 0.05) is 24.5 Å². The van der Waals surface area contributed by atoms with Crippen LogP contribution in [-0.2, 0) is 0 Å². The second kappa shape index (κ2) is 7.59. The van der Waals surface area contributed by atoms with Gasteiger partial charge in [-0.15, -0.1) is 0 Å². The molecule has 0 unspecified atom stereocenters. The van der Waals surface area contributed by atoms with Crippen molar-refractivity contribution in [2.24, 2.45) is 5.41 Å². The maximum Gasteiger partial charge on any atom is 0.387 e. The summed E-state index contributed by atoms with van der Waals surface area (Å²) in [6, 6.07) is 8.64. The van der Waals surface area contributed by atoms with Gasteiger partial charge in [-0.05, 0) is 62.7 Å². The highest BCUT2D eigenvalue weighted by Crippen LogP contribution is 2.49. The van der Waals surface area contributed by atoms with E-state index < -0.39 is 6.61 Å². The summed E-state index contributed by atoms with van der Waals surface area (Å²) in [5, 5.41) is 0. The van der Waals surface area contributed by atoms with E-state index in [9.17, 15) is 8.78 Å². The molecule has 1 spiro atoms. The van der Waals surface area contributed by atoms with Crippen LogP contribution in [0.2, 0.25) is 0 Å². The molecule has 1 atom stereocenters. The maximum absolute atomic E-state index is 12.7. The first kappa shape index (κ1) is 18.9. The average Bonchev–Trinajstić information content (AvgIpc) is 3.37. The van der Waals surface area contributed by atoms with Crippen LogP contribution in [0.1, 0.15) is 43.6 Å². The molecule has 1 saturated carbocycles. The van der Waals surface area contributed by atoms with E-state index in [1.807, 2.05) is 12.1 Å². The Morgan fingerprint density at radius 3 is 2.66 bits per heavy atom. The zero-order valence-corrected chi connectivity index (χ0v) is 16.5. The van der Waals surface area contributed by atoms with Gasteiger partial charge in [0.05, 0.1) is 6.20 Å². The molecule has 29 heavy (non-hydrogen) atoms. The Labute approximate surface area is 169 Å². The van der Waals surface area contributed by atoms with Gasteiger partial charge < -0.3 is 19.0 Å². The van der Waals surface area contributed by atoms with E-state index in [0.717, 1.165) is 50.6 Å². The van der Waals surface area contributed by atoms with Gasteiger partial charge in [0.2, 0.25) is 0 Å². The predicted octanol–water partition coefficient (Wildman–Crippen LogP) is 4.51. The SMILES string of the molecule is FC(F)Oc1ccccc1C1CCN([C@@H]2CCC3(C2)CN(c2ncco2)C3)CC1. The number of alkyl halides is 2. The number of halogens is 2. The highest BCUT2D eigenvalue weighted by atomic mass is 19.3. The number of benzene rings is 1. The van der Waals surface area contributed by atoms with E-state index in [1.165, 1.54) is 19.3 Å². The largest absolute Gasteiger partial charge is 0.435 e. The first-order valence-electron chi connectivity index (χ1n) is 10.5. The first-order chi connectivity index (χ1) is 14.1. The van der Waals surface area contributed by atoms with Crippen LogP contribution in [0.5, 0.6) is 5.75 Å². The summed E-state index contributed by atoms with van der Waals surface area (Å²) >= 11 is 0. The lowest BCUT2D eigenvalue weighted by Gasteiger charge is -2.48. The number of hydrogen-bond acceptors (Lipinski definition) is 5. The Morgan fingerprint density at radius 2 is 1.93 bits per heavy atom. The zero-order chi connectivity index (χ0) is 19.8. The average molecular weight is 403 g/mol. The predicted molar refractivity (Wildman–Crippen MR) is 105 cm³/mol. The number of ether oxygens (including phenoxy) is 1. The van der Waals surface area contributed by atoms with Crippen molar-refractivity contribution in [3.8, 4) is 5.75 Å². The zero-order valence-electron chi connectivity index (χ0n) is 16.5. The van der Waals surface area contributed by atoms with E-state index in [0.29, 0.717) is 23.1 Å². The minimum absolute atomic E-state index is 0.292. The van der Waals surface area contributed by atoms with Gasteiger partial charge in [0.1, 0.15) is 12.0 Å². The molecule has 5 nitrogen and oxygen atoms in total. The molecule has 0 N–H and O–H groups in total. The van der Waals surface area contributed by atoms with Crippen LogP contribution in [0.15, 0.2) is 41.1 Å². The number of nitrogens with zero attached hydrogens (tertiary/aromatic N) is 3. The molecule has 1 aromatic carbocycles. The molecule has 0 amide bonds. The summed E-state index contributed by atoms with van der Waals surface area (Å²) in [5.41, 5.74) is 1.34. The lowest BCUT2D eigenvalue weighted by atomic mass is 9.78. The first-order valence-corrected chi connectivity index (χ1v) is 10.5. The normalized spacial score (nSPS) is 24.9. The second-order valence-corrected chi connectivity index (χ2v) is 8.79. The lowest BCUT2D eigenvalue weighted by molar-refractivity contribution is -0.0508. The minimum atomic E-state index is -2.77. The van der Waals surface area contributed by atoms with E-state index in [4.69, 9.17) is 9.15 Å². The van der Waals surface area contributed by atoms with Crippen LogP contribution < -0.4 is 9.64 Å². The molecule has 0 radical (unpaired) electrons. The van der Waals surface area contributed by atoms with Gasteiger partial charge >= 0.3 is 6.61 Å². The molecule has 3 aliphatic rings. The van der Waals surface area contributed by atoms with Gasteiger partial charge in [-0.25, -0.2) is 4.98 Å². The molecule has 1 aliphatic carbocycles. The number of likely N-dealkylation sites (tertiary alicyclic amines) is 1. The van der Waals surface area contributed by atoms with Crippen molar-refractivity contribution in [1.82, 2.24) is 9.88 Å². The third-order valence-electron chi connectivity index (χ3n) is 7.04. The number of aromatic nitrogens is 1. The fourth-order valence-electron chi connectivity index (χ4n) is 5.64. The van der Waals surface area contributed by atoms with Crippen LogP contribution in [0.4, 0.5) is 14.8 Å². The van der Waals surface area contributed by atoms with E-state index in [-0.39, 0.29) is 0 Å². The third-order valence-corrected chi connectivity index (χ3v) is 7.04. The number of para-hydroxylation sites is 1. The van der Waals surface area contributed by atoms with Gasteiger partial charge in [0.25, 0.3) is 6.01 Å². The molecular weight excluding hydrogens is 376 g/mol. The van der Waals surface area contributed by atoms with Crippen molar-refractivity contribution in [1.29, 1.82) is 0 Å². The summed E-state index contributed by atoms with van der Waals surface area (Å²) < 4.78 is 35.6. The van der Waals surface area contributed by atoms with E-state index in [1.54, 1.807) is 24.6 Å². The Bertz CT molecular complexity index is 815. The molecule has 156 valence electrons. The highest BCUT2D eigenvalue weighted by molar-refractivity contribution is 5.37. The molecule has 5 rings (SSSR count). The van der Waals surface area contributed by atoms with Crippen LogP contribution in [0.3, 0.4) is 0 Å². The molecule has 2 saturated heterocycles. The Kier molecular flexibility index (Phi) is 4.94. The summed E-state index contributed by atoms with van der Waals surface area (Å²) in [6.07, 6.45) is 9.07. The fraction of sp³-hybridized carbons (Fsp3) is 0.591. The van der Waals surface area contributed by atoms with Crippen LogP contribution in [-0.4, -0.2) is 48.7 Å². The lowest BCUT2D eigenvalue weighted by Crippen LogP contribution is -2.56. The van der Waals surface area contributed by atoms with E-state index >= 15 is 0 Å². The summed E-state index contributed by atoms with van der Waals surface area (Å²) in [7, 11) is 0. The maximum atomic E-state index is 12.7. The van der Waals surface area contributed by atoms with Crippen molar-refractivity contribution in [3.63, 3.8) is 0 Å². The molecule has 1 aromatic heterocycles. The van der Waals surface area contributed by atoms with Crippen LogP contribution in [0, 0.1) is 5.41 Å². The number of anilines is 1. The fourth-order valence-corrected chi connectivity index (χ4v) is 5.64. The van der Waals surface area contributed by atoms with Gasteiger partial charge in [-0.3, -0.25) is 0 Å². The van der Waals surface area contributed by atoms with Crippen molar-refractivity contribution in [3.05, 3.63) is 42.3 Å². The topological polar surface area (TPSA) is 41.7 Å². The van der Waals surface area contributed by atoms with Crippen molar-refractivity contribution in [2.45, 2.75) is 50.7 Å². The second-order valence-electron chi connectivity index (χ2n) is 8.79. The summed E-state index contributed by atoms with van der Waals surface area (Å²) in [6.45, 7) is 1.36. The molecule has 3 heterocycles. The number of hydrogen-bond donors (Lipinski definition) is 0. The molecule has 7 heteroatoms. The Hall–Kier alpha value is -2.15. The quantitative estimate of drug-likeness (QED) is 0.735. The van der Waals surface area contributed by atoms with Gasteiger partial charge in [0.15, 0.2) is 0 Å². The monoisotopic (exact) mass is 403 g/mol. The van der Waals surface area contributed by atoms with Crippen molar-refractivity contribution >= 4 is 6.01 Å². The molecule has 2 aliphatic heterocycles. The van der Waals surface area contributed by atoms with Gasteiger partial charge in [-0.2, -0.15) is 8.78 Å². The summed E-state index contributed by atoms with van der Waals surface area (Å²) in [5.74, 6) is 0.627. The Morgan fingerprint density at radius 1 is 1.14 bits per heavy atom. The van der Waals surface area contributed by atoms with Crippen LogP contribution >= 0.6 is 0 Å². The third kappa shape index (κ3) is 3.72. The van der Waals surface area contributed by atoms with Crippen molar-refractivity contribution in [2.75, 3.05) is 31.1 Å².